The summed E-state index contributed by atoms with van der Waals surface area (Å²) in [6.07, 6.45) is -14.4. The number of amides is 3. The third-order valence-corrected chi connectivity index (χ3v) is 21.5. The summed E-state index contributed by atoms with van der Waals surface area (Å²) in [6.45, 7) is -1.89. The number of carboxylic acid groups (broad SMARTS) is 1. The molecule has 642 valence electrons. The smallest absolute Gasteiger partial charge is 0.364 e. The van der Waals surface area contributed by atoms with E-state index in [2.05, 4.69) is 35.5 Å². The number of unbranched alkanes of at least 4 members (excludes halogenated alkanes) is 27. The minimum atomic E-state index is -3.38. The maximum Gasteiger partial charge on any atom is 0.364 e. The van der Waals surface area contributed by atoms with E-state index in [-0.39, 0.29) is 12.3 Å². The Morgan fingerprint density at radius 1 is 0.500 bits per heavy atom. The van der Waals surface area contributed by atoms with E-state index in [9.17, 15) is 106 Å². The number of carbonyl (C=O) groups is 4. The number of hydrogen-bond donors (Lipinski definition) is 21. The van der Waals surface area contributed by atoms with Crippen LogP contribution in [0.25, 0.3) is 0 Å². The largest absolute Gasteiger partial charge is 0.477 e. The average molecular weight is 1610 g/mol. The lowest BCUT2D eigenvalue weighted by Gasteiger charge is -2.52. The van der Waals surface area contributed by atoms with Gasteiger partial charge in [0.1, 0.15) is 116 Å². The van der Waals surface area contributed by atoms with Gasteiger partial charge in [-0.15, -0.1) is 0 Å². The molecule has 0 aromatic heterocycles. The van der Waals surface area contributed by atoms with E-state index in [1.165, 1.54) is 116 Å². The van der Waals surface area contributed by atoms with Gasteiger partial charge in [0.05, 0.1) is 63.9 Å². The summed E-state index contributed by atoms with van der Waals surface area (Å²) < 4.78 is 60.1. The third-order valence-electron chi connectivity index (χ3n) is 21.1. The van der Waals surface area contributed by atoms with Crippen LogP contribution in [0.15, 0.2) is 12.2 Å². The molecule has 0 bridgehead atoms. The van der Waals surface area contributed by atoms with Gasteiger partial charge in [0, 0.05) is 26.7 Å². The number of aliphatic hydroxyl groups excluding tert-OH is 16. The summed E-state index contributed by atoms with van der Waals surface area (Å²) in [5, 5.41) is 197. The molecule has 0 radical (unpaired) electrons. The summed E-state index contributed by atoms with van der Waals surface area (Å²) >= 11 is 4.29. The van der Waals surface area contributed by atoms with Gasteiger partial charge in [0.25, 0.3) is 5.79 Å². The van der Waals surface area contributed by atoms with Crippen LogP contribution in [0.5, 0.6) is 0 Å². The molecule has 5 heterocycles. The van der Waals surface area contributed by atoms with Gasteiger partial charge < -0.3 is 150 Å². The Labute approximate surface area is 651 Å². The van der Waals surface area contributed by atoms with Crippen molar-refractivity contribution < 1.29 is 153 Å². The number of aliphatic carboxylic acids is 1. The molecule has 5 rings (SSSR count). The third kappa shape index (κ3) is 30.8. The lowest BCUT2D eigenvalue weighted by molar-refractivity contribution is -0.403. The summed E-state index contributed by atoms with van der Waals surface area (Å²) in [5.74, 6) is -6.77. The van der Waals surface area contributed by atoms with Crippen molar-refractivity contribution in [3.05, 3.63) is 12.2 Å². The van der Waals surface area contributed by atoms with Crippen molar-refractivity contribution in [1.29, 1.82) is 0 Å². The second kappa shape index (κ2) is 52.6. The van der Waals surface area contributed by atoms with Crippen molar-refractivity contribution in [1.82, 2.24) is 16.0 Å². The highest BCUT2D eigenvalue weighted by molar-refractivity contribution is 7.80. The normalized spacial score (nSPS) is 34.0. The second-order valence-electron chi connectivity index (χ2n) is 30.1. The molecule has 0 spiro atoms. The number of carbonyl (C=O) groups excluding carboxylic acids is 3. The fourth-order valence-corrected chi connectivity index (χ4v) is 14.9. The van der Waals surface area contributed by atoms with Crippen LogP contribution < -0.4 is 16.0 Å². The molecular formula is C75H135N3O31S. The van der Waals surface area contributed by atoms with Gasteiger partial charge in [0.15, 0.2) is 25.2 Å². The average Bonchev–Trinajstić information content (AvgIpc) is 0.746. The molecular weight excluding hydrogens is 1470 g/mol. The standard InChI is InChI=1S/C75H135N3O31S/c1-4-5-6-7-8-9-10-11-13-16-19-22-25-28-31-34-47(86)46(78-54(89)35-32-29-26-23-20-17-14-12-15-18-21-24-27-30-33-36-110)43-100-71-63(96)61(94)65(52(41-82)103-71)105-73-64(97)69(109-75(74(98)99)37-48(87)55(76-44(2)84)68(108-75)57(90)49(88)38-79)66(53(42-83)104-73)106-70-56(77-45(3)85)67(59(92)51(40-81)101-70)107-72-62(95)60(93)58(91)50(39-80)102-72/h31,34,46-53,55-73,79-83,86-88,90-97,110H,4-30,32-33,35-43H2,1-3H3,(H,76,84)(H,77,85)(H,78,89)(H,98,99)/b34-31+/t46-,47+,48-,49+,50+,51+,52+,53+,55+,56+,57+,58-,59-,60-,61+,62+,63+,64+,65+,66-,67+,68+,69+,70-,71+,72-,73-,75-/m0/s1. The van der Waals surface area contributed by atoms with E-state index in [0.717, 1.165) is 77.4 Å². The Morgan fingerprint density at radius 2 is 0.945 bits per heavy atom. The first-order valence-corrected chi connectivity index (χ1v) is 40.8. The molecule has 0 saturated carbocycles. The number of rotatable bonds is 55. The van der Waals surface area contributed by atoms with Crippen molar-refractivity contribution in [2.45, 2.75) is 391 Å². The number of aliphatic hydroxyl groups is 16. The number of hydrogen-bond acceptors (Lipinski definition) is 31. The molecule has 0 aromatic carbocycles. The maximum atomic E-state index is 13.8. The number of allylic oxidation sites excluding steroid dienone is 1. The van der Waals surface area contributed by atoms with Crippen LogP contribution >= 0.6 is 12.6 Å². The first-order chi connectivity index (χ1) is 52.8. The van der Waals surface area contributed by atoms with Crippen LogP contribution in [0.2, 0.25) is 0 Å². The zero-order chi connectivity index (χ0) is 80.9. The van der Waals surface area contributed by atoms with E-state index in [1.807, 2.05) is 6.08 Å². The molecule has 0 aliphatic carbocycles. The Kier molecular flexibility index (Phi) is 46.6. The first kappa shape index (κ1) is 97.5. The van der Waals surface area contributed by atoms with Crippen LogP contribution in [-0.2, 0) is 66.5 Å². The minimum Gasteiger partial charge on any atom is -0.477 e. The highest BCUT2D eigenvalue weighted by Crippen LogP contribution is 2.41. The molecule has 5 aliphatic heterocycles. The van der Waals surface area contributed by atoms with E-state index in [1.54, 1.807) is 6.08 Å². The number of nitrogens with one attached hydrogen (secondary N) is 3. The maximum absolute atomic E-state index is 13.8. The monoisotopic (exact) mass is 1610 g/mol. The van der Waals surface area contributed by atoms with Gasteiger partial charge in [-0.2, -0.15) is 12.6 Å². The molecule has 34 nitrogen and oxygen atoms in total. The molecule has 35 heteroatoms. The number of ether oxygens (including phenoxy) is 10. The number of thiol groups is 1. The fraction of sp³-hybridized carbons (Fsp3) is 0.920. The molecule has 3 amide bonds. The molecule has 5 aliphatic rings. The van der Waals surface area contributed by atoms with Crippen LogP contribution in [0, 0.1) is 0 Å². The predicted molar refractivity (Wildman–Crippen MR) is 396 cm³/mol. The summed E-state index contributed by atoms with van der Waals surface area (Å²) in [5.41, 5.74) is 0. The fourth-order valence-electron chi connectivity index (χ4n) is 14.7. The molecule has 5 fully saturated rings. The predicted octanol–water partition coefficient (Wildman–Crippen LogP) is -0.352. The lowest BCUT2D eigenvalue weighted by atomic mass is 9.88. The Bertz CT molecular complexity index is 2560. The molecule has 0 unspecified atom stereocenters. The van der Waals surface area contributed by atoms with Gasteiger partial charge in [-0.05, 0) is 31.4 Å². The molecule has 110 heavy (non-hydrogen) atoms. The van der Waals surface area contributed by atoms with Crippen molar-refractivity contribution in [2.75, 3.05) is 45.4 Å². The zero-order valence-electron chi connectivity index (χ0n) is 64.4. The molecule has 20 N–H and O–H groups in total. The summed E-state index contributed by atoms with van der Waals surface area (Å²) in [6, 6.07) is -4.81. The van der Waals surface area contributed by atoms with Gasteiger partial charge >= 0.3 is 5.97 Å². The van der Waals surface area contributed by atoms with Gasteiger partial charge in [-0.1, -0.05) is 180 Å². The van der Waals surface area contributed by atoms with Gasteiger partial charge in [-0.25, -0.2) is 4.79 Å². The van der Waals surface area contributed by atoms with E-state index in [0.29, 0.717) is 12.8 Å². The molecule has 5 saturated heterocycles. The minimum absolute atomic E-state index is 0.131. The van der Waals surface area contributed by atoms with Crippen molar-refractivity contribution in [3.8, 4) is 0 Å². The quantitative estimate of drug-likeness (QED) is 0.0210. The van der Waals surface area contributed by atoms with Crippen LogP contribution in [0.4, 0.5) is 0 Å². The van der Waals surface area contributed by atoms with Crippen molar-refractivity contribution in [2.24, 2.45) is 0 Å². The van der Waals surface area contributed by atoms with Gasteiger partial charge in [-0.3, -0.25) is 14.4 Å². The lowest BCUT2D eigenvalue weighted by Crippen LogP contribution is -2.72. The Hall–Kier alpha value is -3.07. The van der Waals surface area contributed by atoms with E-state index < -0.39 is 235 Å². The van der Waals surface area contributed by atoms with Crippen molar-refractivity contribution >= 4 is 36.3 Å². The first-order valence-electron chi connectivity index (χ1n) is 40.2. The van der Waals surface area contributed by atoms with Crippen molar-refractivity contribution in [3.63, 3.8) is 0 Å². The van der Waals surface area contributed by atoms with Gasteiger partial charge in [0.2, 0.25) is 17.7 Å². The van der Waals surface area contributed by atoms with E-state index >= 15 is 0 Å². The zero-order valence-corrected chi connectivity index (χ0v) is 65.3. The highest BCUT2D eigenvalue weighted by Gasteiger charge is 2.62. The topological polar surface area (TPSA) is 541 Å². The highest BCUT2D eigenvalue weighted by atomic mass is 32.1. The van der Waals surface area contributed by atoms with Crippen LogP contribution in [0.1, 0.15) is 220 Å². The molecule has 28 atom stereocenters. The summed E-state index contributed by atoms with van der Waals surface area (Å²) in [7, 11) is 0. The Morgan fingerprint density at radius 3 is 1.46 bits per heavy atom. The van der Waals surface area contributed by atoms with Crippen LogP contribution in [0.3, 0.4) is 0 Å². The van der Waals surface area contributed by atoms with E-state index in [4.69, 9.17) is 47.4 Å². The molecule has 0 aromatic rings. The van der Waals surface area contributed by atoms with Crippen LogP contribution in [-0.4, -0.2) is 327 Å². The summed E-state index contributed by atoms with van der Waals surface area (Å²) in [4.78, 5) is 53.1. The Balaban J connectivity index is 1.38. The second-order valence-corrected chi connectivity index (χ2v) is 30.5. The number of carboxylic acids is 1. The SMILES string of the molecule is CCCCCCCCCCCCCCC/C=C/[C@@H](O)[C@H](CO[C@@H]1O[C@H](CO)[C@@H](O[C@@H]2O[C@H](CO)[C@H](O[C@@H]3O[C@H](CO)[C@H](O)[C@H](O[C@@H]4O[C@H](CO)[C@H](O)[C@H](O)[C@H]4O)[C@H]3NC(C)=O)[C@H](O[C@]3(C(=O)O)C[C@H](O)[C@@H](NC(C)=O)[C@H]([C@H](O)[C@H](O)CO)O3)[C@H]2O)[C@H](O)[C@H]1O)NC(=O)CCCCCCCCCCCCCCCCCS.